The van der Waals surface area contributed by atoms with Crippen LogP contribution in [0.3, 0.4) is 0 Å². The molecule has 0 bridgehead atoms. The zero-order valence-electron chi connectivity index (χ0n) is 15.1. The molecule has 2 heterocycles. The van der Waals surface area contributed by atoms with E-state index in [2.05, 4.69) is 10.4 Å². The predicted molar refractivity (Wildman–Crippen MR) is 98.5 cm³/mol. The van der Waals surface area contributed by atoms with Crippen LogP contribution in [0.1, 0.15) is 35.3 Å². The number of hydrogen-bond acceptors (Lipinski definition) is 4. The standard InChI is InChI=1S/C20H20FN3O3/c1-13(9-10-15-6-5-11-27-15)22-20(26)19-18(25)12-14(2)24(23-19)17-8-4-3-7-16(17)21/h3-8,11-13H,9-10H2,1-2H3,(H,22,26)/t13-/m0/s1. The molecule has 0 saturated heterocycles. The van der Waals surface area contributed by atoms with Crippen LogP contribution in [0.15, 0.2) is 57.9 Å². The summed E-state index contributed by atoms with van der Waals surface area (Å²) < 4.78 is 20.6. The van der Waals surface area contributed by atoms with Gasteiger partial charge in [0.25, 0.3) is 5.91 Å². The Hall–Kier alpha value is -3.22. The molecule has 1 amide bonds. The van der Waals surface area contributed by atoms with Gasteiger partial charge in [0.05, 0.1) is 6.26 Å². The van der Waals surface area contributed by atoms with E-state index in [4.69, 9.17) is 4.42 Å². The minimum Gasteiger partial charge on any atom is -0.469 e. The van der Waals surface area contributed by atoms with Gasteiger partial charge in [-0.3, -0.25) is 9.59 Å². The van der Waals surface area contributed by atoms with Crippen molar-refractivity contribution in [2.45, 2.75) is 32.7 Å². The van der Waals surface area contributed by atoms with Gasteiger partial charge in [0.1, 0.15) is 17.3 Å². The Kier molecular flexibility index (Phi) is 5.49. The number of benzene rings is 1. The molecular formula is C20H20FN3O3. The predicted octanol–water partition coefficient (Wildman–Crippen LogP) is 3.02. The molecule has 7 heteroatoms. The first-order valence-electron chi connectivity index (χ1n) is 8.65. The van der Waals surface area contributed by atoms with Gasteiger partial charge in [-0.15, -0.1) is 0 Å². The van der Waals surface area contributed by atoms with Crippen LogP contribution in [0.4, 0.5) is 4.39 Å². The van der Waals surface area contributed by atoms with Gasteiger partial charge < -0.3 is 9.73 Å². The smallest absolute Gasteiger partial charge is 0.276 e. The molecule has 0 saturated carbocycles. The van der Waals surface area contributed by atoms with E-state index >= 15 is 0 Å². The van der Waals surface area contributed by atoms with Crippen LogP contribution >= 0.6 is 0 Å². The van der Waals surface area contributed by atoms with Gasteiger partial charge >= 0.3 is 0 Å². The molecule has 0 aliphatic heterocycles. The number of aromatic nitrogens is 2. The number of amides is 1. The van der Waals surface area contributed by atoms with E-state index < -0.39 is 17.2 Å². The molecule has 1 N–H and O–H groups in total. The first-order chi connectivity index (χ1) is 13.0. The Morgan fingerprint density at radius 3 is 2.78 bits per heavy atom. The van der Waals surface area contributed by atoms with E-state index in [9.17, 15) is 14.0 Å². The van der Waals surface area contributed by atoms with E-state index in [1.54, 1.807) is 31.4 Å². The number of halogens is 1. The van der Waals surface area contributed by atoms with E-state index in [1.165, 1.54) is 22.9 Å². The summed E-state index contributed by atoms with van der Waals surface area (Å²) in [5.41, 5.74) is -0.160. The minimum atomic E-state index is -0.586. The maximum atomic E-state index is 14.1. The van der Waals surface area contributed by atoms with Gasteiger partial charge in [0, 0.05) is 24.2 Å². The Balaban J connectivity index is 1.79. The summed E-state index contributed by atoms with van der Waals surface area (Å²) in [5, 5.41) is 6.86. The Labute approximate surface area is 155 Å². The van der Waals surface area contributed by atoms with Gasteiger partial charge in [-0.2, -0.15) is 5.10 Å². The SMILES string of the molecule is Cc1cc(=O)c(C(=O)N[C@@H](C)CCc2ccco2)nn1-c1ccccc1F. The second-order valence-electron chi connectivity index (χ2n) is 6.35. The molecule has 0 unspecified atom stereocenters. The molecule has 0 aliphatic carbocycles. The molecular weight excluding hydrogens is 349 g/mol. The Morgan fingerprint density at radius 2 is 2.07 bits per heavy atom. The van der Waals surface area contributed by atoms with Crippen LogP contribution < -0.4 is 10.7 Å². The van der Waals surface area contributed by atoms with Crippen LogP contribution in [-0.4, -0.2) is 21.7 Å². The molecule has 0 spiro atoms. The number of carbonyl (C=O) groups excluding carboxylic acids is 1. The Morgan fingerprint density at radius 1 is 1.30 bits per heavy atom. The van der Waals surface area contributed by atoms with Gasteiger partial charge in [-0.1, -0.05) is 12.1 Å². The summed E-state index contributed by atoms with van der Waals surface area (Å²) in [7, 11) is 0. The molecule has 0 fully saturated rings. The number of rotatable bonds is 6. The highest BCUT2D eigenvalue weighted by Crippen LogP contribution is 2.13. The van der Waals surface area contributed by atoms with E-state index in [1.807, 2.05) is 13.0 Å². The molecule has 2 aromatic heterocycles. The van der Waals surface area contributed by atoms with Gasteiger partial charge in [-0.05, 0) is 44.5 Å². The Bertz CT molecular complexity index is 996. The van der Waals surface area contributed by atoms with Crippen molar-refractivity contribution >= 4 is 5.91 Å². The van der Waals surface area contributed by atoms with Crippen LogP contribution in [-0.2, 0) is 6.42 Å². The van der Waals surface area contributed by atoms with Crippen molar-refractivity contribution in [3.8, 4) is 5.69 Å². The summed E-state index contributed by atoms with van der Waals surface area (Å²) in [5.74, 6) is -0.251. The molecule has 3 rings (SSSR count). The molecule has 6 nitrogen and oxygen atoms in total. The van der Waals surface area contributed by atoms with Crippen molar-refractivity contribution in [2.75, 3.05) is 0 Å². The lowest BCUT2D eigenvalue weighted by atomic mass is 10.1. The molecule has 1 atom stereocenters. The first kappa shape index (κ1) is 18.6. The van der Waals surface area contributed by atoms with Crippen molar-refractivity contribution in [1.29, 1.82) is 0 Å². The molecule has 1 aromatic carbocycles. The molecule has 0 radical (unpaired) electrons. The summed E-state index contributed by atoms with van der Waals surface area (Å²) in [6, 6.07) is 10.8. The maximum Gasteiger partial charge on any atom is 0.276 e. The van der Waals surface area contributed by atoms with Crippen LogP contribution in [0.5, 0.6) is 0 Å². The highest BCUT2D eigenvalue weighted by atomic mass is 19.1. The summed E-state index contributed by atoms with van der Waals surface area (Å²) >= 11 is 0. The van der Waals surface area contributed by atoms with E-state index in [0.29, 0.717) is 18.5 Å². The van der Waals surface area contributed by atoms with Crippen LogP contribution in [0.25, 0.3) is 5.69 Å². The monoisotopic (exact) mass is 369 g/mol. The van der Waals surface area contributed by atoms with Crippen molar-refractivity contribution in [3.05, 3.63) is 81.9 Å². The average molecular weight is 369 g/mol. The molecule has 3 aromatic rings. The highest BCUT2D eigenvalue weighted by Gasteiger charge is 2.18. The lowest BCUT2D eigenvalue weighted by molar-refractivity contribution is 0.0930. The fourth-order valence-electron chi connectivity index (χ4n) is 2.75. The van der Waals surface area contributed by atoms with Crippen LogP contribution in [0, 0.1) is 12.7 Å². The van der Waals surface area contributed by atoms with Crippen molar-refractivity contribution in [1.82, 2.24) is 15.1 Å². The van der Waals surface area contributed by atoms with Gasteiger partial charge in [0.15, 0.2) is 5.69 Å². The largest absolute Gasteiger partial charge is 0.469 e. The fraction of sp³-hybridized carbons (Fsp3) is 0.250. The average Bonchev–Trinajstić information content (AvgIpc) is 3.14. The summed E-state index contributed by atoms with van der Waals surface area (Å²) in [4.78, 5) is 24.7. The zero-order chi connectivity index (χ0) is 19.4. The van der Waals surface area contributed by atoms with Gasteiger partial charge in [-0.25, -0.2) is 9.07 Å². The zero-order valence-corrected chi connectivity index (χ0v) is 15.1. The van der Waals surface area contributed by atoms with E-state index in [-0.39, 0.29) is 17.4 Å². The number of furan rings is 1. The third-order valence-electron chi connectivity index (χ3n) is 4.18. The quantitative estimate of drug-likeness (QED) is 0.725. The summed E-state index contributed by atoms with van der Waals surface area (Å²) in [6.45, 7) is 3.47. The number of nitrogens with one attached hydrogen (secondary N) is 1. The normalized spacial score (nSPS) is 12.0. The van der Waals surface area contributed by atoms with Crippen molar-refractivity contribution < 1.29 is 13.6 Å². The summed E-state index contributed by atoms with van der Waals surface area (Å²) in [6.07, 6.45) is 2.90. The fourth-order valence-corrected chi connectivity index (χ4v) is 2.75. The first-order valence-corrected chi connectivity index (χ1v) is 8.65. The number of carbonyl (C=O) groups is 1. The highest BCUT2D eigenvalue weighted by molar-refractivity contribution is 5.92. The second kappa shape index (κ2) is 7.99. The van der Waals surface area contributed by atoms with Crippen molar-refractivity contribution in [3.63, 3.8) is 0 Å². The topological polar surface area (TPSA) is 77.1 Å². The lowest BCUT2D eigenvalue weighted by Gasteiger charge is -2.15. The number of aryl methyl sites for hydroxylation is 2. The number of para-hydroxylation sites is 1. The lowest BCUT2D eigenvalue weighted by Crippen LogP contribution is -2.37. The number of nitrogens with zero attached hydrogens (tertiary/aromatic N) is 2. The molecule has 27 heavy (non-hydrogen) atoms. The third-order valence-corrected chi connectivity index (χ3v) is 4.18. The minimum absolute atomic E-state index is 0.176. The number of hydrogen-bond donors (Lipinski definition) is 1. The van der Waals surface area contributed by atoms with Crippen molar-refractivity contribution in [2.24, 2.45) is 0 Å². The molecule has 140 valence electrons. The van der Waals surface area contributed by atoms with E-state index in [0.717, 1.165) is 5.76 Å². The van der Waals surface area contributed by atoms with Gasteiger partial charge in [0.2, 0.25) is 5.43 Å². The maximum absolute atomic E-state index is 14.1. The van der Waals surface area contributed by atoms with Crippen LogP contribution in [0.2, 0.25) is 0 Å². The third kappa shape index (κ3) is 4.31. The second-order valence-corrected chi connectivity index (χ2v) is 6.35. The molecule has 0 aliphatic rings.